The first-order valence-electron chi connectivity index (χ1n) is 4.59. The van der Waals surface area contributed by atoms with Crippen LogP contribution < -0.4 is 0 Å². The van der Waals surface area contributed by atoms with E-state index in [1.54, 1.807) is 17.4 Å². The zero-order valence-electron chi connectivity index (χ0n) is 9.03. The Bertz CT molecular complexity index is 445. The second-order valence-electron chi connectivity index (χ2n) is 4.23. The maximum Gasteiger partial charge on any atom is 0.131 e. The predicted octanol–water partition coefficient (Wildman–Crippen LogP) is 3.48. The van der Waals surface area contributed by atoms with Gasteiger partial charge in [-0.1, -0.05) is 20.8 Å². The molecule has 1 aromatic heterocycles. The average molecular weight is 216 g/mol. The monoisotopic (exact) mass is 216 g/mol. The van der Waals surface area contributed by atoms with Gasteiger partial charge in [-0.25, -0.2) is 0 Å². The molecule has 0 aliphatic rings. The molecular weight excluding hydrogens is 204 g/mol. The van der Waals surface area contributed by atoms with Crippen LogP contribution in [0.4, 0.5) is 0 Å². The molecule has 0 fully saturated rings. The zero-order chi connectivity index (χ0) is 11.5. The van der Waals surface area contributed by atoms with Crippen molar-refractivity contribution in [1.82, 2.24) is 0 Å². The lowest BCUT2D eigenvalue weighted by Crippen LogP contribution is -2.07. The molecule has 1 aromatic rings. The molecule has 3 heteroatoms. The van der Waals surface area contributed by atoms with Gasteiger partial charge in [0, 0.05) is 9.75 Å². The number of rotatable bonds is 1. The minimum atomic E-state index is 0.121. The van der Waals surface area contributed by atoms with E-state index >= 15 is 0 Å². The summed E-state index contributed by atoms with van der Waals surface area (Å²) >= 11 is 1.62. The predicted molar refractivity (Wildman–Crippen MR) is 62.2 cm³/mol. The fraction of sp³-hybridized carbons (Fsp3) is 0.333. The van der Waals surface area contributed by atoms with Gasteiger partial charge < -0.3 is 0 Å². The Morgan fingerprint density at radius 2 is 1.87 bits per heavy atom. The molecule has 0 aromatic carbocycles. The highest BCUT2D eigenvalue weighted by molar-refractivity contribution is 7.13. The Morgan fingerprint density at radius 1 is 1.27 bits per heavy atom. The van der Waals surface area contributed by atoms with Crippen LogP contribution in [0.5, 0.6) is 0 Å². The smallest absolute Gasteiger partial charge is 0.131 e. The highest BCUT2D eigenvalue weighted by Gasteiger charge is 2.15. The molecule has 0 aliphatic carbocycles. The first-order chi connectivity index (χ1) is 6.97. The third-order valence-corrected chi connectivity index (χ3v) is 3.35. The summed E-state index contributed by atoms with van der Waals surface area (Å²) in [6, 6.07) is 7.70. The van der Waals surface area contributed by atoms with Gasteiger partial charge in [0.05, 0.1) is 0 Å². The van der Waals surface area contributed by atoms with Gasteiger partial charge in [-0.3, -0.25) is 0 Å². The molecule has 1 heterocycles. The van der Waals surface area contributed by atoms with Crippen molar-refractivity contribution in [2.75, 3.05) is 0 Å². The minimum absolute atomic E-state index is 0.121. The molecule has 0 unspecified atom stereocenters. The molecule has 0 bridgehead atoms. The Hall–Kier alpha value is -1.58. The van der Waals surface area contributed by atoms with E-state index in [2.05, 4.69) is 20.8 Å². The lowest BCUT2D eigenvalue weighted by atomic mass is 9.95. The van der Waals surface area contributed by atoms with E-state index < -0.39 is 0 Å². The Balaban J connectivity index is 3.03. The summed E-state index contributed by atoms with van der Waals surface area (Å²) in [6.45, 7) is 6.42. The molecule has 76 valence electrons. The molecule has 0 spiro atoms. The number of hydrogen-bond acceptors (Lipinski definition) is 3. The average Bonchev–Trinajstić information content (AvgIpc) is 2.61. The van der Waals surface area contributed by atoms with Crippen LogP contribution in [0.2, 0.25) is 0 Å². The fourth-order valence-electron chi connectivity index (χ4n) is 1.07. The molecule has 1 rings (SSSR count). The Morgan fingerprint density at radius 3 is 2.27 bits per heavy atom. The van der Waals surface area contributed by atoms with Gasteiger partial charge in [-0.2, -0.15) is 10.5 Å². The molecule has 0 N–H and O–H groups in total. The van der Waals surface area contributed by atoms with Crippen LogP contribution in [0.15, 0.2) is 17.7 Å². The molecule has 15 heavy (non-hydrogen) atoms. The van der Waals surface area contributed by atoms with Gasteiger partial charge in [0.1, 0.15) is 17.7 Å². The van der Waals surface area contributed by atoms with Crippen molar-refractivity contribution in [3.8, 4) is 12.1 Å². The molecule has 0 radical (unpaired) electrons. The van der Waals surface area contributed by atoms with Gasteiger partial charge in [0.15, 0.2) is 0 Å². The minimum Gasteiger partial charge on any atom is -0.192 e. The number of allylic oxidation sites excluding steroid dienone is 1. The number of thiophene rings is 1. The topological polar surface area (TPSA) is 47.6 Å². The van der Waals surface area contributed by atoms with Crippen molar-refractivity contribution in [2.45, 2.75) is 26.2 Å². The highest BCUT2D eigenvalue weighted by atomic mass is 32.1. The van der Waals surface area contributed by atoms with Crippen LogP contribution in [-0.2, 0) is 5.41 Å². The van der Waals surface area contributed by atoms with Crippen LogP contribution in [0.1, 0.15) is 30.5 Å². The van der Waals surface area contributed by atoms with Gasteiger partial charge in [-0.05, 0) is 23.6 Å². The summed E-state index contributed by atoms with van der Waals surface area (Å²) in [7, 11) is 0. The first kappa shape index (κ1) is 11.5. The second-order valence-corrected chi connectivity index (χ2v) is 5.35. The normalized spacial score (nSPS) is 10.2. The van der Waals surface area contributed by atoms with Crippen molar-refractivity contribution in [3.05, 3.63) is 27.5 Å². The van der Waals surface area contributed by atoms with Crippen LogP contribution in [0.3, 0.4) is 0 Å². The lowest BCUT2D eigenvalue weighted by Gasteiger charge is -2.15. The van der Waals surface area contributed by atoms with E-state index in [0.717, 1.165) is 4.88 Å². The summed E-state index contributed by atoms with van der Waals surface area (Å²) in [5.41, 5.74) is 0.272. The van der Waals surface area contributed by atoms with Crippen LogP contribution >= 0.6 is 11.3 Å². The van der Waals surface area contributed by atoms with Gasteiger partial charge in [-0.15, -0.1) is 11.3 Å². The van der Waals surface area contributed by atoms with Gasteiger partial charge >= 0.3 is 0 Å². The van der Waals surface area contributed by atoms with E-state index in [1.165, 1.54) is 4.88 Å². The Kier molecular flexibility index (Phi) is 3.29. The van der Waals surface area contributed by atoms with Crippen LogP contribution in [0.25, 0.3) is 6.08 Å². The maximum atomic E-state index is 8.62. The van der Waals surface area contributed by atoms with Crippen molar-refractivity contribution >= 4 is 17.4 Å². The second kappa shape index (κ2) is 4.29. The van der Waals surface area contributed by atoms with Gasteiger partial charge in [0.25, 0.3) is 0 Å². The van der Waals surface area contributed by atoms with Crippen LogP contribution in [-0.4, -0.2) is 0 Å². The number of hydrogen-bond donors (Lipinski definition) is 0. The summed E-state index contributed by atoms with van der Waals surface area (Å²) in [4.78, 5) is 2.21. The summed E-state index contributed by atoms with van der Waals surface area (Å²) in [5.74, 6) is 0. The molecule has 0 atom stereocenters. The summed E-state index contributed by atoms with van der Waals surface area (Å²) < 4.78 is 0. The highest BCUT2D eigenvalue weighted by Crippen LogP contribution is 2.30. The molecule has 2 nitrogen and oxygen atoms in total. The van der Waals surface area contributed by atoms with E-state index in [9.17, 15) is 0 Å². The largest absolute Gasteiger partial charge is 0.192 e. The van der Waals surface area contributed by atoms with E-state index in [0.29, 0.717) is 0 Å². The number of nitriles is 2. The molecule has 0 saturated heterocycles. The van der Waals surface area contributed by atoms with Crippen LogP contribution in [0, 0.1) is 22.7 Å². The van der Waals surface area contributed by atoms with Crippen molar-refractivity contribution in [1.29, 1.82) is 10.5 Å². The quantitative estimate of drug-likeness (QED) is 0.675. The summed E-state index contributed by atoms with van der Waals surface area (Å²) in [6.07, 6.45) is 1.62. The molecule has 0 amide bonds. The van der Waals surface area contributed by atoms with E-state index in [4.69, 9.17) is 10.5 Å². The molecular formula is C12H12N2S. The third-order valence-electron chi connectivity index (χ3n) is 1.89. The van der Waals surface area contributed by atoms with Crippen molar-refractivity contribution in [2.24, 2.45) is 0 Å². The van der Waals surface area contributed by atoms with E-state index in [1.807, 2.05) is 24.3 Å². The lowest BCUT2D eigenvalue weighted by molar-refractivity contribution is 0.604. The molecule has 0 aliphatic heterocycles. The summed E-state index contributed by atoms with van der Waals surface area (Å²) in [5, 5.41) is 17.2. The van der Waals surface area contributed by atoms with E-state index in [-0.39, 0.29) is 11.0 Å². The SMILES string of the molecule is CC(C)(C)c1ccc(C=C(C#N)C#N)s1. The van der Waals surface area contributed by atoms with Gasteiger partial charge in [0.2, 0.25) is 0 Å². The fourth-order valence-corrected chi connectivity index (χ4v) is 2.07. The maximum absolute atomic E-state index is 8.62. The van der Waals surface area contributed by atoms with Crippen molar-refractivity contribution in [3.63, 3.8) is 0 Å². The van der Waals surface area contributed by atoms with Crippen molar-refractivity contribution < 1.29 is 0 Å². The number of nitrogens with zero attached hydrogens (tertiary/aromatic N) is 2. The zero-order valence-corrected chi connectivity index (χ0v) is 9.85. The standard InChI is InChI=1S/C12H12N2S/c1-12(2,3)11-5-4-10(15-11)6-9(7-13)8-14/h4-6H,1-3H3. The molecule has 0 saturated carbocycles. The Labute approximate surface area is 94.1 Å². The first-order valence-corrected chi connectivity index (χ1v) is 5.41. The third kappa shape index (κ3) is 2.94.